The van der Waals surface area contributed by atoms with Gasteiger partial charge in [0.2, 0.25) is 5.95 Å². The van der Waals surface area contributed by atoms with E-state index in [4.69, 9.17) is 0 Å². The summed E-state index contributed by atoms with van der Waals surface area (Å²) in [6.07, 6.45) is 5.02. The van der Waals surface area contributed by atoms with Gasteiger partial charge in [-0.2, -0.15) is 0 Å². The first kappa shape index (κ1) is 8.91. The molecule has 0 radical (unpaired) electrons. The number of hydrogen-bond acceptors (Lipinski definition) is 4. The van der Waals surface area contributed by atoms with Gasteiger partial charge in [-0.05, 0) is 13.3 Å². The Morgan fingerprint density at radius 1 is 1.60 bits per heavy atom. The summed E-state index contributed by atoms with van der Waals surface area (Å²) in [5.41, 5.74) is 1.07. The molecule has 0 saturated carbocycles. The van der Waals surface area contributed by atoms with Crippen molar-refractivity contribution < 1.29 is 0 Å². The molecular weight excluding hydrogens is 208 g/mol. The minimum absolute atomic E-state index is 0.333. The fourth-order valence-corrected chi connectivity index (χ4v) is 2.64. The average Bonchev–Trinajstić information content (AvgIpc) is 2.82. The Bertz CT molecular complexity index is 460. The van der Waals surface area contributed by atoms with E-state index in [9.17, 15) is 0 Å². The van der Waals surface area contributed by atoms with Crippen molar-refractivity contribution in [3.05, 3.63) is 28.5 Å². The number of aromatic nitrogens is 3. The van der Waals surface area contributed by atoms with Crippen LogP contribution in [-0.4, -0.2) is 14.5 Å². The molecule has 5 heteroatoms. The van der Waals surface area contributed by atoms with Crippen molar-refractivity contribution in [3.8, 4) is 0 Å². The monoisotopic (exact) mass is 220 g/mol. The Labute approximate surface area is 92.0 Å². The molecule has 1 N–H and O–H groups in total. The number of hydrogen-bond donors (Lipinski definition) is 1. The van der Waals surface area contributed by atoms with Gasteiger partial charge < -0.3 is 9.88 Å². The summed E-state index contributed by atoms with van der Waals surface area (Å²) in [6, 6.07) is 0.333. The number of rotatable bonds is 1. The van der Waals surface area contributed by atoms with Crippen LogP contribution in [0.4, 0.5) is 5.95 Å². The highest BCUT2D eigenvalue weighted by Gasteiger charge is 2.21. The van der Waals surface area contributed by atoms with E-state index < -0.39 is 0 Å². The van der Waals surface area contributed by atoms with E-state index >= 15 is 0 Å². The third-order valence-electron chi connectivity index (χ3n) is 2.61. The second kappa shape index (κ2) is 3.34. The molecule has 2 aromatic heterocycles. The lowest BCUT2D eigenvalue weighted by atomic mass is 10.2. The standard InChI is InChI=1S/C10H12N4S/c1-7-6-14-4-2-8(13-10(14)12-7)9-11-3-5-15-9/h3,5-6,8H,2,4H2,1H3,(H,12,13). The predicted molar refractivity (Wildman–Crippen MR) is 60.1 cm³/mol. The molecule has 0 amide bonds. The number of aryl methyl sites for hydroxylation is 2. The van der Waals surface area contributed by atoms with Gasteiger partial charge in [-0.3, -0.25) is 0 Å². The maximum absolute atomic E-state index is 4.44. The van der Waals surface area contributed by atoms with Gasteiger partial charge in [-0.1, -0.05) is 0 Å². The molecule has 0 spiro atoms. The van der Waals surface area contributed by atoms with E-state index in [1.807, 2.05) is 18.5 Å². The number of nitrogens with zero attached hydrogens (tertiary/aromatic N) is 3. The van der Waals surface area contributed by atoms with Gasteiger partial charge in [0.05, 0.1) is 11.7 Å². The summed E-state index contributed by atoms with van der Waals surface area (Å²) < 4.78 is 2.17. The number of anilines is 1. The number of thiazole rings is 1. The van der Waals surface area contributed by atoms with Crippen LogP contribution in [0.1, 0.15) is 23.2 Å². The first-order valence-corrected chi connectivity index (χ1v) is 5.90. The van der Waals surface area contributed by atoms with Crippen molar-refractivity contribution in [1.82, 2.24) is 14.5 Å². The molecule has 0 aromatic carbocycles. The van der Waals surface area contributed by atoms with Crippen LogP contribution in [0.5, 0.6) is 0 Å². The lowest BCUT2D eigenvalue weighted by Gasteiger charge is -2.23. The Balaban J connectivity index is 1.89. The van der Waals surface area contributed by atoms with Crippen LogP contribution in [0.25, 0.3) is 0 Å². The summed E-state index contributed by atoms with van der Waals surface area (Å²) in [7, 11) is 0. The number of fused-ring (bicyclic) bond motifs is 1. The molecule has 1 atom stereocenters. The fourth-order valence-electron chi connectivity index (χ4n) is 1.92. The molecule has 0 fully saturated rings. The van der Waals surface area contributed by atoms with Gasteiger partial charge >= 0.3 is 0 Å². The minimum Gasteiger partial charge on any atom is -0.346 e. The van der Waals surface area contributed by atoms with Crippen LogP contribution in [-0.2, 0) is 6.54 Å². The fraction of sp³-hybridized carbons (Fsp3) is 0.400. The van der Waals surface area contributed by atoms with Gasteiger partial charge in [0.1, 0.15) is 5.01 Å². The molecule has 1 aliphatic heterocycles. The molecule has 0 aliphatic carbocycles. The van der Waals surface area contributed by atoms with Gasteiger partial charge in [-0.15, -0.1) is 11.3 Å². The van der Waals surface area contributed by atoms with E-state index in [2.05, 4.69) is 26.0 Å². The molecule has 3 rings (SSSR count). The molecule has 0 bridgehead atoms. The van der Waals surface area contributed by atoms with Crippen LogP contribution < -0.4 is 5.32 Å². The second-order valence-electron chi connectivity index (χ2n) is 3.76. The highest BCUT2D eigenvalue weighted by atomic mass is 32.1. The second-order valence-corrected chi connectivity index (χ2v) is 4.68. The van der Waals surface area contributed by atoms with E-state index in [1.165, 1.54) is 0 Å². The molecule has 2 aromatic rings. The van der Waals surface area contributed by atoms with Crippen molar-refractivity contribution in [2.75, 3.05) is 5.32 Å². The molecule has 78 valence electrons. The average molecular weight is 220 g/mol. The summed E-state index contributed by atoms with van der Waals surface area (Å²) in [4.78, 5) is 8.78. The molecule has 15 heavy (non-hydrogen) atoms. The van der Waals surface area contributed by atoms with E-state index in [0.29, 0.717) is 6.04 Å². The highest BCUT2D eigenvalue weighted by Crippen LogP contribution is 2.28. The van der Waals surface area contributed by atoms with Gasteiger partial charge in [0.15, 0.2) is 0 Å². The van der Waals surface area contributed by atoms with Crippen LogP contribution in [0.15, 0.2) is 17.8 Å². The van der Waals surface area contributed by atoms with Crippen molar-refractivity contribution in [1.29, 1.82) is 0 Å². The summed E-state index contributed by atoms with van der Waals surface area (Å²) in [5, 5.41) is 6.59. The van der Waals surface area contributed by atoms with Gasteiger partial charge in [-0.25, -0.2) is 9.97 Å². The smallest absolute Gasteiger partial charge is 0.203 e. The predicted octanol–water partition coefficient (Wildman–Crippen LogP) is 2.20. The number of imidazole rings is 1. The molecule has 4 nitrogen and oxygen atoms in total. The van der Waals surface area contributed by atoms with E-state index in [-0.39, 0.29) is 0 Å². The third kappa shape index (κ3) is 1.52. The third-order valence-corrected chi connectivity index (χ3v) is 3.50. The highest BCUT2D eigenvalue weighted by molar-refractivity contribution is 7.09. The molecule has 1 unspecified atom stereocenters. The lowest BCUT2D eigenvalue weighted by Crippen LogP contribution is -2.21. The number of nitrogens with one attached hydrogen (secondary N) is 1. The molecular formula is C10H12N4S. The van der Waals surface area contributed by atoms with E-state index in [0.717, 1.165) is 29.6 Å². The molecule has 1 aliphatic rings. The quantitative estimate of drug-likeness (QED) is 0.801. The zero-order valence-corrected chi connectivity index (χ0v) is 9.29. The summed E-state index contributed by atoms with van der Waals surface area (Å²) in [5.74, 6) is 0.971. The zero-order valence-electron chi connectivity index (χ0n) is 8.47. The van der Waals surface area contributed by atoms with Crippen molar-refractivity contribution in [3.63, 3.8) is 0 Å². The van der Waals surface area contributed by atoms with Crippen LogP contribution in [0.3, 0.4) is 0 Å². The first-order valence-electron chi connectivity index (χ1n) is 5.02. The van der Waals surface area contributed by atoms with Crippen molar-refractivity contribution in [2.24, 2.45) is 0 Å². The maximum Gasteiger partial charge on any atom is 0.203 e. The maximum atomic E-state index is 4.44. The van der Waals surface area contributed by atoms with E-state index in [1.54, 1.807) is 11.3 Å². The topological polar surface area (TPSA) is 42.7 Å². The van der Waals surface area contributed by atoms with Crippen LogP contribution >= 0.6 is 11.3 Å². The summed E-state index contributed by atoms with van der Waals surface area (Å²) >= 11 is 1.70. The van der Waals surface area contributed by atoms with Crippen molar-refractivity contribution >= 4 is 17.3 Å². The summed E-state index contributed by atoms with van der Waals surface area (Å²) in [6.45, 7) is 3.04. The minimum atomic E-state index is 0.333. The Morgan fingerprint density at radius 3 is 3.33 bits per heavy atom. The largest absolute Gasteiger partial charge is 0.346 e. The lowest BCUT2D eigenvalue weighted by molar-refractivity contribution is 0.541. The van der Waals surface area contributed by atoms with Gasteiger partial charge in [0, 0.05) is 24.3 Å². The van der Waals surface area contributed by atoms with Crippen molar-refractivity contribution in [2.45, 2.75) is 25.9 Å². The van der Waals surface area contributed by atoms with Crippen LogP contribution in [0, 0.1) is 6.92 Å². The Kier molecular flexibility index (Phi) is 1.98. The molecule has 0 saturated heterocycles. The Hall–Kier alpha value is -1.36. The first-order chi connectivity index (χ1) is 7.33. The molecule has 3 heterocycles. The van der Waals surface area contributed by atoms with Crippen LogP contribution in [0.2, 0.25) is 0 Å². The normalized spacial score (nSPS) is 19.7. The zero-order chi connectivity index (χ0) is 10.3. The van der Waals surface area contributed by atoms with Gasteiger partial charge in [0.25, 0.3) is 0 Å². The SMILES string of the molecule is Cc1cn2c(n1)NC(c1nccs1)CC2. The Morgan fingerprint density at radius 2 is 2.53 bits per heavy atom.